The van der Waals surface area contributed by atoms with E-state index < -0.39 is 0 Å². The average Bonchev–Trinajstić information content (AvgIpc) is 2.18. The van der Waals surface area contributed by atoms with Gasteiger partial charge in [0.2, 0.25) is 0 Å². The highest BCUT2D eigenvalue weighted by molar-refractivity contribution is 5.83. The predicted molar refractivity (Wildman–Crippen MR) is 51.2 cm³/mol. The quantitative estimate of drug-likeness (QED) is 0.605. The third-order valence-electron chi connectivity index (χ3n) is 2.09. The van der Waals surface area contributed by atoms with E-state index in [9.17, 15) is 0 Å². The molecule has 0 amide bonds. The first kappa shape index (κ1) is 7.75. The van der Waals surface area contributed by atoms with Crippen LogP contribution in [0, 0.1) is 18.3 Å². The smallest absolute Gasteiger partial charge is 0.0991 e. The fraction of sp³-hybridized carbons (Fsp3) is 0.0909. The molecule has 13 heavy (non-hydrogen) atoms. The van der Waals surface area contributed by atoms with Crippen molar-refractivity contribution in [3.05, 3.63) is 41.6 Å². The minimum atomic E-state index is 0.684. The Bertz CT molecular complexity index is 495. The van der Waals surface area contributed by atoms with Gasteiger partial charge in [-0.2, -0.15) is 5.26 Å². The summed E-state index contributed by atoms with van der Waals surface area (Å²) in [6.45, 7) is 2.02. The number of pyridine rings is 1. The second-order valence-electron chi connectivity index (χ2n) is 2.97. The molecule has 1 aromatic carbocycles. The highest BCUT2D eigenvalue weighted by Gasteiger charge is 1.98. The normalized spacial score (nSPS) is 9.85. The Labute approximate surface area is 76.5 Å². The number of aromatic nitrogens is 1. The van der Waals surface area contributed by atoms with Gasteiger partial charge in [0, 0.05) is 11.6 Å². The zero-order valence-corrected chi connectivity index (χ0v) is 7.28. The lowest BCUT2D eigenvalue weighted by Crippen LogP contribution is -1.83. The van der Waals surface area contributed by atoms with Crippen LogP contribution >= 0.6 is 0 Å². The van der Waals surface area contributed by atoms with Crippen molar-refractivity contribution in [1.29, 1.82) is 5.26 Å². The van der Waals surface area contributed by atoms with E-state index in [1.165, 1.54) is 0 Å². The molecule has 0 aliphatic heterocycles. The standard InChI is InChI=1S/C11H8N2/c1-8-4-5-13-11-3-2-9(7-12)6-10(8)11/h2-6H,1H3. The number of hydrogen-bond acceptors (Lipinski definition) is 2. The molecule has 0 bridgehead atoms. The molecule has 0 saturated heterocycles. The van der Waals surface area contributed by atoms with Crippen LogP contribution in [-0.2, 0) is 0 Å². The van der Waals surface area contributed by atoms with Gasteiger partial charge in [0.1, 0.15) is 0 Å². The third kappa shape index (κ3) is 1.25. The summed E-state index contributed by atoms with van der Waals surface area (Å²) >= 11 is 0. The summed E-state index contributed by atoms with van der Waals surface area (Å²) in [6.07, 6.45) is 1.78. The van der Waals surface area contributed by atoms with Crippen LogP contribution in [-0.4, -0.2) is 4.98 Å². The number of benzene rings is 1. The summed E-state index contributed by atoms with van der Waals surface area (Å²) in [5.74, 6) is 0. The number of fused-ring (bicyclic) bond motifs is 1. The van der Waals surface area contributed by atoms with Crippen LogP contribution in [0.2, 0.25) is 0 Å². The second-order valence-corrected chi connectivity index (χ2v) is 2.97. The molecular weight excluding hydrogens is 160 g/mol. The maximum absolute atomic E-state index is 8.72. The number of nitriles is 1. The van der Waals surface area contributed by atoms with Gasteiger partial charge in [-0.05, 0) is 36.8 Å². The third-order valence-corrected chi connectivity index (χ3v) is 2.09. The van der Waals surface area contributed by atoms with Crippen molar-refractivity contribution in [2.45, 2.75) is 6.92 Å². The first-order valence-electron chi connectivity index (χ1n) is 4.07. The number of nitrogens with zero attached hydrogens (tertiary/aromatic N) is 2. The highest BCUT2D eigenvalue weighted by Crippen LogP contribution is 2.16. The Kier molecular flexibility index (Phi) is 1.71. The van der Waals surface area contributed by atoms with Gasteiger partial charge in [0.25, 0.3) is 0 Å². The highest BCUT2D eigenvalue weighted by atomic mass is 14.6. The second kappa shape index (κ2) is 2.87. The van der Waals surface area contributed by atoms with E-state index in [4.69, 9.17) is 5.26 Å². The Balaban J connectivity index is 2.84. The van der Waals surface area contributed by atoms with Gasteiger partial charge in [0.05, 0.1) is 17.1 Å². The van der Waals surface area contributed by atoms with Crippen molar-refractivity contribution >= 4 is 10.9 Å². The molecule has 1 aromatic heterocycles. The molecule has 2 aromatic rings. The SMILES string of the molecule is Cc1ccnc2ccc(C#N)cc12. The Hall–Kier alpha value is -1.88. The summed E-state index contributed by atoms with van der Waals surface area (Å²) < 4.78 is 0. The Morgan fingerprint density at radius 1 is 1.31 bits per heavy atom. The minimum absolute atomic E-state index is 0.684. The number of hydrogen-bond donors (Lipinski definition) is 0. The van der Waals surface area contributed by atoms with Crippen molar-refractivity contribution in [2.24, 2.45) is 0 Å². The summed E-state index contributed by atoms with van der Waals surface area (Å²) in [6, 6.07) is 9.60. The Morgan fingerprint density at radius 3 is 2.92 bits per heavy atom. The molecule has 0 saturated carbocycles. The maximum atomic E-state index is 8.72. The molecule has 0 radical (unpaired) electrons. The van der Waals surface area contributed by atoms with E-state index in [1.807, 2.05) is 25.1 Å². The Morgan fingerprint density at radius 2 is 2.15 bits per heavy atom. The van der Waals surface area contributed by atoms with Gasteiger partial charge in [-0.15, -0.1) is 0 Å². The molecule has 0 atom stereocenters. The first-order chi connectivity index (χ1) is 6.31. The van der Waals surface area contributed by atoms with Crippen molar-refractivity contribution in [3.8, 4) is 6.07 Å². The van der Waals surface area contributed by atoms with E-state index in [2.05, 4.69) is 11.1 Å². The molecule has 2 heteroatoms. The van der Waals surface area contributed by atoms with Crippen LogP contribution in [0.15, 0.2) is 30.5 Å². The van der Waals surface area contributed by atoms with E-state index in [0.717, 1.165) is 16.5 Å². The summed E-state index contributed by atoms with van der Waals surface area (Å²) in [7, 11) is 0. The largest absolute Gasteiger partial charge is 0.256 e. The lowest BCUT2D eigenvalue weighted by molar-refractivity contribution is 1.36. The maximum Gasteiger partial charge on any atom is 0.0991 e. The van der Waals surface area contributed by atoms with E-state index >= 15 is 0 Å². The topological polar surface area (TPSA) is 36.7 Å². The van der Waals surface area contributed by atoms with Gasteiger partial charge in [-0.3, -0.25) is 4.98 Å². The molecule has 0 N–H and O–H groups in total. The number of rotatable bonds is 0. The average molecular weight is 168 g/mol. The van der Waals surface area contributed by atoms with E-state index in [-0.39, 0.29) is 0 Å². The molecule has 0 spiro atoms. The molecule has 2 rings (SSSR count). The predicted octanol–water partition coefficient (Wildman–Crippen LogP) is 2.41. The van der Waals surface area contributed by atoms with Crippen molar-refractivity contribution in [2.75, 3.05) is 0 Å². The van der Waals surface area contributed by atoms with E-state index in [1.54, 1.807) is 12.3 Å². The van der Waals surface area contributed by atoms with Crippen LogP contribution in [0.25, 0.3) is 10.9 Å². The molecule has 1 heterocycles. The molecule has 0 fully saturated rings. The monoisotopic (exact) mass is 168 g/mol. The van der Waals surface area contributed by atoms with Crippen molar-refractivity contribution in [1.82, 2.24) is 4.98 Å². The molecule has 0 aliphatic carbocycles. The van der Waals surface area contributed by atoms with Gasteiger partial charge in [0.15, 0.2) is 0 Å². The molecule has 62 valence electrons. The summed E-state index contributed by atoms with van der Waals surface area (Å²) in [5.41, 5.74) is 2.78. The number of aryl methyl sites for hydroxylation is 1. The molecule has 0 aliphatic rings. The van der Waals surface area contributed by atoms with Gasteiger partial charge in [-0.25, -0.2) is 0 Å². The zero-order valence-electron chi connectivity index (χ0n) is 7.28. The van der Waals surface area contributed by atoms with Crippen LogP contribution in [0.5, 0.6) is 0 Å². The molecule has 0 unspecified atom stereocenters. The van der Waals surface area contributed by atoms with Crippen LogP contribution in [0.4, 0.5) is 0 Å². The van der Waals surface area contributed by atoms with Crippen LogP contribution in [0.1, 0.15) is 11.1 Å². The summed E-state index contributed by atoms with van der Waals surface area (Å²) in [4.78, 5) is 4.21. The lowest BCUT2D eigenvalue weighted by Gasteiger charge is -1.99. The van der Waals surface area contributed by atoms with Gasteiger partial charge in [-0.1, -0.05) is 0 Å². The fourth-order valence-electron chi connectivity index (χ4n) is 1.35. The zero-order chi connectivity index (χ0) is 9.26. The van der Waals surface area contributed by atoms with Crippen molar-refractivity contribution < 1.29 is 0 Å². The fourth-order valence-corrected chi connectivity index (χ4v) is 1.35. The van der Waals surface area contributed by atoms with Gasteiger partial charge < -0.3 is 0 Å². The van der Waals surface area contributed by atoms with E-state index in [0.29, 0.717) is 5.56 Å². The van der Waals surface area contributed by atoms with Crippen molar-refractivity contribution in [3.63, 3.8) is 0 Å². The van der Waals surface area contributed by atoms with Crippen LogP contribution < -0.4 is 0 Å². The van der Waals surface area contributed by atoms with Crippen LogP contribution in [0.3, 0.4) is 0 Å². The first-order valence-corrected chi connectivity index (χ1v) is 4.07. The minimum Gasteiger partial charge on any atom is -0.256 e. The summed E-state index contributed by atoms with van der Waals surface area (Å²) in [5, 5.41) is 9.77. The van der Waals surface area contributed by atoms with Gasteiger partial charge >= 0.3 is 0 Å². The molecular formula is C11H8N2. The lowest BCUT2D eigenvalue weighted by atomic mass is 10.1. The molecule has 2 nitrogen and oxygen atoms in total.